The molecule has 1 aliphatic heterocycles. The molecule has 1 saturated heterocycles. The lowest BCUT2D eigenvalue weighted by Gasteiger charge is -2.38. The first-order valence-electron chi connectivity index (χ1n) is 10.6. The molecule has 5 heteroatoms. The summed E-state index contributed by atoms with van der Waals surface area (Å²) in [6.07, 6.45) is 0.542. The molecule has 0 amide bonds. The third-order valence-electron chi connectivity index (χ3n) is 5.37. The van der Waals surface area contributed by atoms with Gasteiger partial charge in [0.2, 0.25) is 0 Å². The summed E-state index contributed by atoms with van der Waals surface area (Å²) in [5, 5.41) is 4.18. The summed E-state index contributed by atoms with van der Waals surface area (Å²) in [6, 6.07) is 13.1. The minimum absolute atomic E-state index is 0.271. The summed E-state index contributed by atoms with van der Waals surface area (Å²) >= 11 is 1.74. The summed E-state index contributed by atoms with van der Waals surface area (Å²) in [5.41, 5.74) is 7.63. The summed E-state index contributed by atoms with van der Waals surface area (Å²) < 4.78 is 9.28. The van der Waals surface area contributed by atoms with E-state index in [1.54, 1.807) is 11.9 Å². The van der Waals surface area contributed by atoms with Gasteiger partial charge in [-0.25, -0.2) is 0 Å². The molecule has 1 unspecified atom stereocenters. The van der Waals surface area contributed by atoms with Gasteiger partial charge in [0.05, 0.1) is 12.2 Å². The first-order chi connectivity index (χ1) is 13.8. The van der Waals surface area contributed by atoms with Gasteiger partial charge in [0.1, 0.15) is 0 Å². The standard InChI is InChI=1S/C24H35N3OS/c1-16(2)29-26-22-9-7-21(8-10-22)13-25-23-11-12-24(20(6)19(23)5)27-14-17(3)28-18(4)15-27/h7-12,16-18,25-26H,13-15H2,1-6H3/t17-,18?/m1/s1. The van der Waals surface area contributed by atoms with E-state index in [1.165, 1.54) is 28.1 Å². The molecular weight excluding hydrogens is 378 g/mol. The Labute approximate surface area is 180 Å². The lowest BCUT2D eigenvalue weighted by atomic mass is 10.0. The molecule has 0 saturated carbocycles. The van der Waals surface area contributed by atoms with Gasteiger partial charge in [-0.1, -0.05) is 26.0 Å². The Morgan fingerprint density at radius 3 is 2.28 bits per heavy atom. The third kappa shape index (κ3) is 5.83. The Morgan fingerprint density at radius 1 is 1.00 bits per heavy atom. The maximum atomic E-state index is 5.89. The van der Waals surface area contributed by atoms with E-state index >= 15 is 0 Å². The van der Waals surface area contributed by atoms with Gasteiger partial charge in [0, 0.05) is 41.9 Å². The second-order valence-corrected chi connectivity index (χ2v) is 9.75. The van der Waals surface area contributed by atoms with Gasteiger partial charge in [-0.15, -0.1) is 0 Å². The average Bonchev–Trinajstić information content (AvgIpc) is 2.67. The zero-order valence-electron chi connectivity index (χ0n) is 18.6. The van der Waals surface area contributed by atoms with Gasteiger partial charge < -0.3 is 19.7 Å². The molecule has 1 aliphatic rings. The van der Waals surface area contributed by atoms with Crippen LogP contribution in [-0.2, 0) is 11.3 Å². The molecule has 3 rings (SSSR count). The van der Waals surface area contributed by atoms with Gasteiger partial charge in [0.15, 0.2) is 0 Å². The highest BCUT2D eigenvalue weighted by atomic mass is 32.2. The normalized spacial score (nSPS) is 19.5. The number of hydrogen-bond acceptors (Lipinski definition) is 5. The minimum Gasteiger partial charge on any atom is -0.381 e. The van der Waals surface area contributed by atoms with E-state index in [1.807, 2.05) is 0 Å². The molecule has 29 heavy (non-hydrogen) atoms. The summed E-state index contributed by atoms with van der Waals surface area (Å²) in [5.74, 6) is 0. The Balaban J connectivity index is 1.64. The van der Waals surface area contributed by atoms with Crippen LogP contribution >= 0.6 is 11.9 Å². The van der Waals surface area contributed by atoms with Crippen LogP contribution in [0.4, 0.5) is 17.1 Å². The van der Waals surface area contributed by atoms with E-state index in [2.05, 4.69) is 92.9 Å². The van der Waals surface area contributed by atoms with Crippen molar-refractivity contribution in [3.8, 4) is 0 Å². The molecule has 0 radical (unpaired) electrons. The maximum Gasteiger partial charge on any atom is 0.0726 e. The Bertz CT molecular complexity index is 797. The molecule has 2 atom stereocenters. The number of ether oxygens (including phenoxy) is 1. The van der Waals surface area contributed by atoms with Crippen LogP contribution in [0, 0.1) is 13.8 Å². The molecule has 0 aliphatic carbocycles. The number of hydrogen-bond donors (Lipinski definition) is 2. The quantitative estimate of drug-likeness (QED) is 0.545. The van der Waals surface area contributed by atoms with E-state index in [9.17, 15) is 0 Å². The van der Waals surface area contributed by atoms with Crippen LogP contribution in [0.15, 0.2) is 36.4 Å². The molecular formula is C24H35N3OS. The van der Waals surface area contributed by atoms with E-state index in [4.69, 9.17) is 4.74 Å². The zero-order chi connectivity index (χ0) is 21.0. The molecule has 2 N–H and O–H groups in total. The molecule has 2 aromatic carbocycles. The second-order valence-electron chi connectivity index (χ2n) is 8.36. The topological polar surface area (TPSA) is 36.5 Å². The Hall–Kier alpha value is -1.85. The van der Waals surface area contributed by atoms with Crippen LogP contribution in [0.1, 0.15) is 44.4 Å². The maximum absolute atomic E-state index is 5.89. The van der Waals surface area contributed by atoms with E-state index in [-0.39, 0.29) is 12.2 Å². The second kappa shape index (κ2) is 9.77. The molecule has 0 aromatic heterocycles. The summed E-state index contributed by atoms with van der Waals surface area (Å²) in [6.45, 7) is 15.9. The van der Waals surface area contributed by atoms with Crippen molar-refractivity contribution in [1.29, 1.82) is 0 Å². The van der Waals surface area contributed by atoms with E-state index in [0.29, 0.717) is 5.25 Å². The van der Waals surface area contributed by atoms with Gasteiger partial charge in [-0.3, -0.25) is 0 Å². The predicted molar refractivity (Wildman–Crippen MR) is 128 cm³/mol. The van der Waals surface area contributed by atoms with Crippen molar-refractivity contribution >= 4 is 29.0 Å². The first-order valence-corrected chi connectivity index (χ1v) is 11.5. The highest BCUT2D eigenvalue weighted by Gasteiger charge is 2.24. The zero-order valence-corrected chi connectivity index (χ0v) is 19.4. The number of rotatable bonds is 7. The van der Waals surface area contributed by atoms with Crippen molar-refractivity contribution < 1.29 is 4.74 Å². The molecule has 2 aromatic rings. The summed E-state index contributed by atoms with van der Waals surface area (Å²) in [4.78, 5) is 2.46. The molecule has 4 nitrogen and oxygen atoms in total. The van der Waals surface area contributed by atoms with E-state index < -0.39 is 0 Å². The van der Waals surface area contributed by atoms with Crippen molar-refractivity contribution in [3.63, 3.8) is 0 Å². The van der Waals surface area contributed by atoms with Crippen molar-refractivity contribution in [2.24, 2.45) is 0 Å². The lowest BCUT2D eigenvalue weighted by Crippen LogP contribution is -2.45. The van der Waals surface area contributed by atoms with Gasteiger partial charge in [0.25, 0.3) is 0 Å². The smallest absolute Gasteiger partial charge is 0.0726 e. The molecule has 0 spiro atoms. The van der Waals surface area contributed by atoms with Crippen molar-refractivity contribution in [2.45, 2.75) is 65.5 Å². The van der Waals surface area contributed by atoms with Crippen molar-refractivity contribution in [3.05, 3.63) is 53.1 Å². The van der Waals surface area contributed by atoms with Gasteiger partial charge in [-0.2, -0.15) is 0 Å². The first kappa shape index (κ1) is 21.8. The fraction of sp³-hybridized carbons (Fsp3) is 0.500. The number of nitrogens with zero attached hydrogens (tertiary/aromatic N) is 1. The fourth-order valence-corrected chi connectivity index (χ4v) is 4.30. The lowest BCUT2D eigenvalue weighted by molar-refractivity contribution is -0.00524. The van der Waals surface area contributed by atoms with Gasteiger partial charge in [-0.05, 0) is 80.6 Å². The molecule has 0 bridgehead atoms. The summed E-state index contributed by atoms with van der Waals surface area (Å²) in [7, 11) is 0. The van der Waals surface area contributed by atoms with Crippen LogP contribution < -0.4 is 14.9 Å². The highest BCUT2D eigenvalue weighted by Crippen LogP contribution is 2.31. The number of benzene rings is 2. The van der Waals surface area contributed by atoms with Crippen LogP contribution in [-0.4, -0.2) is 30.5 Å². The van der Waals surface area contributed by atoms with Crippen molar-refractivity contribution in [1.82, 2.24) is 0 Å². The third-order valence-corrected chi connectivity index (χ3v) is 6.19. The monoisotopic (exact) mass is 413 g/mol. The van der Waals surface area contributed by atoms with Crippen LogP contribution in [0.2, 0.25) is 0 Å². The Morgan fingerprint density at radius 2 is 1.66 bits per heavy atom. The van der Waals surface area contributed by atoms with Gasteiger partial charge >= 0.3 is 0 Å². The minimum atomic E-state index is 0.271. The average molecular weight is 414 g/mol. The number of nitrogens with one attached hydrogen (secondary N) is 2. The largest absolute Gasteiger partial charge is 0.381 e. The Kier molecular flexibility index (Phi) is 7.36. The number of morpholine rings is 1. The van der Waals surface area contributed by atoms with Crippen molar-refractivity contribution in [2.75, 3.05) is 28.0 Å². The predicted octanol–water partition coefficient (Wildman–Crippen LogP) is 6.00. The van der Waals surface area contributed by atoms with Crippen LogP contribution in [0.5, 0.6) is 0 Å². The van der Waals surface area contributed by atoms with E-state index in [0.717, 1.165) is 25.3 Å². The SMILES string of the molecule is Cc1c(NCc2ccc(NSC(C)C)cc2)ccc(N2CC(C)O[C@H](C)C2)c1C. The van der Waals surface area contributed by atoms with Crippen LogP contribution in [0.25, 0.3) is 0 Å². The molecule has 1 fully saturated rings. The highest BCUT2D eigenvalue weighted by molar-refractivity contribution is 8.01. The number of anilines is 3. The molecule has 158 valence electrons. The fourth-order valence-electron chi connectivity index (χ4n) is 3.79. The molecule has 1 heterocycles. The van der Waals surface area contributed by atoms with Crippen LogP contribution in [0.3, 0.4) is 0 Å².